The maximum Gasteiger partial charge on any atom is 0.435 e. The van der Waals surface area contributed by atoms with E-state index in [-0.39, 0.29) is 39.3 Å². The summed E-state index contributed by atoms with van der Waals surface area (Å²) in [5, 5.41) is 9.11. The number of hydrogen-bond donors (Lipinski definition) is 1. The topological polar surface area (TPSA) is 132 Å². The molecule has 0 saturated carbocycles. The maximum atomic E-state index is 13.8. The predicted molar refractivity (Wildman–Crippen MR) is 136 cm³/mol. The molecule has 0 aliphatic carbocycles. The van der Waals surface area contributed by atoms with E-state index in [0.717, 1.165) is 30.3 Å². The highest BCUT2D eigenvalue weighted by molar-refractivity contribution is 7.89. The third-order valence-corrected chi connectivity index (χ3v) is 6.64. The second kappa shape index (κ2) is 10.7. The number of nitrogens with two attached hydrogens (primary N) is 1. The maximum absolute atomic E-state index is 13.8. The number of rotatable bonds is 7. The highest BCUT2D eigenvalue weighted by Gasteiger charge is 2.47. The van der Waals surface area contributed by atoms with Crippen LogP contribution in [0.3, 0.4) is 0 Å². The normalized spacial score (nSPS) is 15.1. The molecule has 9 nitrogen and oxygen atoms in total. The van der Waals surface area contributed by atoms with Crippen LogP contribution in [0.4, 0.5) is 18.9 Å². The zero-order valence-corrected chi connectivity index (χ0v) is 21.6. The second-order valence-electron chi connectivity index (χ2n) is 8.19. The molecule has 2 N–H and O–H groups in total. The Morgan fingerprint density at radius 2 is 1.85 bits per heavy atom. The summed E-state index contributed by atoms with van der Waals surface area (Å²) >= 11 is 6.11. The quantitative estimate of drug-likeness (QED) is 0.303. The van der Waals surface area contributed by atoms with Crippen molar-refractivity contribution in [3.8, 4) is 11.3 Å². The number of furan rings is 1. The third-order valence-electron chi connectivity index (χ3n) is 5.38. The van der Waals surface area contributed by atoms with E-state index < -0.39 is 39.4 Å². The number of benzene rings is 2. The van der Waals surface area contributed by atoms with E-state index in [2.05, 4.69) is 5.10 Å². The highest BCUT2D eigenvalue weighted by atomic mass is 35.5. The average Bonchev–Trinajstić information content (AvgIpc) is 3.47. The first-order valence-electron chi connectivity index (χ1n) is 11.2. The number of halogens is 4. The fraction of sp³-hybridized carbons (Fsp3) is 0.160. The molecule has 2 heterocycles. The minimum absolute atomic E-state index is 0.0838. The Balaban J connectivity index is 1.66. The van der Waals surface area contributed by atoms with Gasteiger partial charge in [0.25, 0.3) is 5.91 Å². The molecular weight excluding hydrogens is 563 g/mol. The minimum Gasteiger partial charge on any atom is -0.462 e. The first-order valence-corrected chi connectivity index (χ1v) is 13.1. The lowest BCUT2D eigenvalue weighted by Crippen LogP contribution is -2.25. The number of esters is 1. The van der Waals surface area contributed by atoms with Crippen molar-refractivity contribution >= 4 is 51.0 Å². The molecule has 1 aromatic heterocycles. The van der Waals surface area contributed by atoms with Crippen molar-refractivity contribution in [2.24, 2.45) is 10.2 Å². The number of amides is 1. The van der Waals surface area contributed by atoms with Gasteiger partial charge >= 0.3 is 12.1 Å². The van der Waals surface area contributed by atoms with Gasteiger partial charge < -0.3 is 9.15 Å². The number of carbonyl (C=O) groups excluding carboxylic acids is 2. The molecule has 14 heteroatoms. The molecule has 1 amide bonds. The van der Waals surface area contributed by atoms with E-state index in [0.29, 0.717) is 17.0 Å². The van der Waals surface area contributed by atoms with Crippen LogP contribution in [0.5, 0.6) is 0 Å². The Labute approximate surface area is 225 Å². The third kappa shape index (κ3) is 6.05. The molecule has 3 aromatic rings. The molecule has 204 valence electrons. The number of nitrogens with zero attached hydrogens (tertiary/aromatic N) is 2. The van der Waals surface area contributed by atoms with Crippen LogP contribution in [-0.2, 0) is 19.6 Å². The Morgan fingerprint density at radius 1 is 1.15 bits per heavy atom. The van der Waals surface area contributed by atoms with Gasteiger partial charge in [-0.1, -0.05) is 18.5 Å². The summed E-state index contributed by atoms with van der Waals surface area (Å²) in [6.07, 6.45) is -3.49. The summed E-state index contributed by atoms with van der Waals surface area (Å²) < 4.78 is 75.0. The first-order chi connectivity index (χ1) is 18.3. The van der Waals surface area contributed by atoms with Crippen molar-refractivity contribution in [2.45, 2.75) is 24.4 Å². The molecular formula is C25H19ClF3N3O6S. The van der Waals surface area contributed by atoms with Crippen LogP contribution in [0.2, 0.25) is 5.02 Å². The van der Waals surface area contributed by atoms with E-state index in [1.165, 1.54) is 24.3 Å². The Kier molecular flexibility index (Phi) is 7.68. The minimum atomic E-state index is -4.99. The van der Waals surface area contributed by atoms with Crippen LogP contribution in [-0.4, -0.2) is 38.8 Å². The summed E-state index contributed by atoms with van der Waals surface area (Å²) in [6.45, 7) is 2.03. The molecule has 0 atom stereocenters. The van der Waals surface area contributed by atoms with Gasteiger partial charge in [-0.05, 0) is 67.1 Å². The van der Waals surface area contributed by atoms with E-state index in [4.69, 9.17) is 25.9 Å². The zero-order valence-electron chi connectivity index (χ0n) is 20.0. The molecule has 1 aliphatic rings. The van der Waals surface area contributed by atoms with Crippen molar-refractivity contribution in [1.82, 2.24) is 0 Å². The molecule has 0 radical (unpaired) electrons. The molecule has 0 spiro atoms. The lowest BCUT2D eigenvalue weighted by atomic mass is 10.1. The number of sulfonamides is 1. The largest absolute Gasteiger partial charge is 0.462 e. The molecule has 39 heavy (non-hydrogen) atoms. The van der Waals surface area contributed by atoms with E-state index in [9.17, 15) is 31.2 Å². The number of carbonyl (C=O) groups is 2. The number of hydrogen-bond acceptors (Lipinski definition) is 7. The monoisotopic (exact) mass is 581 g/mol. The van der Waals surface area contributed by atoms with Crippen molar-refractivity contribution in [3.63, 3.8) is 0 Å². The Hall–Kier alpha value is -3.94. The van der Waals surface area contributed by atoms with Crippen LogP contribution in [0.1, 0.15) is 29.5 Å². The summed E-state index contributed by atoms with van der Waals surface area (Å²) in [5.74, 6) is -1.66. The van der Waals surface area contributed by atoms with Crippen molar-refractivity contribution in [1.29, 1.82) is 0 Å². The van der Waals surface area contributed by atoms with E-state index in [1.54, 1.807) is 6.07 Å². The highest BCUT2D eigenvalue weighted by Crippen LogP contribution is 2.34. The van der Waals surface area contributed by atoms with Gasteiger partial charge in [0.05, 0.1) is 33.3 Å². The average molecular weight is 582 g/mol. The van der Waals surface area contributed by atoms with Crippen LogP contribution in [0.25, 0.3) is 17.4 Å². The molecule has 1 aliphatic heterocycles. The number of alkyl halides is 3. The number of anilines is 1. The molecule has 0 unspecified atom stereocenters. The van der Waals surface area contributed by atoms with Crippen LogP contribution in [0, 0.1) is 0 Å². The Morgan fingerprint density at radius 3 is 2.46 bits per heavy atom. The van der Waals surface area contributed by atoms with Gasteiger partial charge in [0.15, 0.2) is 5.71 Å². The number of ether oxygens (including phenoxy) is 1. The standard InChI is InChI=1S/C25H19ClF3N3O6S/c1-2-11-37-24(34)18-12-14(3-9-20(18)26)21-10-6-16(38-21)13-19-22(25(27,28)29)31-32(23(19)33)15-4-7-17(8-5-15)39(30,35)36/h3-10,12-13H,2,11H2,1H3,(H2,30,35,36). The summed E-state index contributed by atoms with van der Waals surface area (Å²) in [5.41, 5.74) is -1.89. The van der Waals surface area contributed by atoms with E-state index >= 15 is 0 Å². The van der Waals surface area contributed by atoms with Gasteiger partial charge in [-0.3, -0.25) is 4.79 Å². The van der Waals surface area contributed by atoms with Gasteiger partial charge in [0.2, 0.25) is 10.0 Å². The molecule has 0 saturated heterocycles. The lowest BCUT2D eigenvalue weighted by molar-refractivity contribution is -0.114. The molecule has 0 fully saturated rings. The number of primary sulfonamides is 1. The van der Waals surface area contributed by atoms with Crippen molar-refractivity contribution in [3.05, 3.63) is 76.5 Å². The predicted octanol–water partition coefficient (Wildman–Crippen LogP) is 5.16. The van der Waals surface area contributed by atoms with Crippen LogP contribution >= 0.6 is 11.6 Å². The van der Waals surface area contributed by atoms with E-state index in [1.807, 2.05) is 6.92 Å². The summed E-state index contributed by atoms with van der Waals surface area (Å²) in [6, 6.07) is 11.5. The summed E-state index contributed by atoms with van der Waals surface area (Å²) in [7, 11) is -4.05. The van der Waals surface area contributed by atoms with Gasteiger partial charge in [0, 0.05) is 5.56 Å². The van der Waals surface area contributed by atoms with Gasteiger partial charge in [0.1, 0.15) is 11.5 Å². The smallest absolute Gasteiger partial charge is 0.435 e. The second-order valence-corrected chi connectivity index (χ2v) is 10.2. The zero-order chi connectivity index (χ0) is 28.5. The van der Waals surface area contributed by atoms with Gasteiger partial charge in [-0.15, -0.1) is 0 Å². The lowest BCUT2D eigenvalue weighted by Gasteiger charge is -2.11. The van der Waals surface area contributed by atoms with Gasteiger partial charge in [-0.25, -0.2) is 18.4 Å². The number of hydrazone groups is 1. The van der Waals surface area contributed by atoms with Gasteiger partial charge in [-0.2, -0.15) is 23.3 Å². The van der Waals surface area contributed by atoms with Crippen molar-refractivity contribution < 1.29 is 40.3 Å². The molecule has 4 rings (SSSR count). The molecule has 2 aromatic carbocycles. The molecule has 0 bridgehead atoms. The van der Waals surface area contributed by atoms with Crippen molar-refractivity contribution in [2.75, 3.05) is 11.6 Å². The summed E-state index contributed by atoms with van der Waals surface area (Å²) in [4.78, 5) is 25.0. The fourth-order valence-corrected chi connectivity index (χ4v) is 4.25. The fourth-order valence-electron chi connectivity index (χ4n) is 3.54. The Bertz CT molecular complexity index is 1610. The SMILES string of the molecule is CCCOC(=O)c1cc(-c2ccc(C=C3C(=O)N(c4ccc(S(N)(=O)=O)cc4)N=C3C(F)(F)F)o2)ccc1Cl. The first kappa shape index (κ1) is 28.1. The van der Waals surface area contributed by atoms with Crippen LogP contribution in [0.15, 0.2) is 74.6 Å². The van der Waals surface area contributed by atoms with Crippen LogP contribution < -0.4 is 10.1 Å².